The first-order chi connectivity index (χ1) is 7.04. The number of benzene rings is 1. The average molecular weight is 208 g/mol. The van der Waals surface area contributed by atoms with Gasteiger partial charge in [-0.1, -0.05) is 0 Å². The topological polar surface area (TPSA) is 52.6 Å². The van der Waals surface area contributed by atoms with E-state index in [1.165, 1.54) is 6.92 Å². The molecule has 4 nitrogen and oxygen atoms in total. The lowest BCUT2D eigenvalue weighted by Crippen LogP contribution is -2.10. The Morgan fingerprint density at radius 1 is 1.27 bits per heavy atom. The number of ether oxygens (including phenoxy) is 2. The second-order valence-electron chi connectivity index (χ2n) is 3.06. The van der Waals surface area contributed by atoms with Crippen molar-refractivity contribution < 1.29 is 19.1 Å². The van der Waals surface area contributed by atoms with Gasteiger partial charge in [0, 0.05) is 6.92 Å². The number of carbonyl (C=O) groups is 2. The van der Waals surface area contributed by atoms with Crippen LogP contribution in [0.2, 0.25) is 0 Å². The van der Waals surface area contributed by atoms with E-state index in [9.17, 15) is 9.59 Å². The van der Waals surface area contributed by atoms with Gasteiger partial charge >= 0.3 is 11.9 Å². The molecule has 0 amide bonds. The van der Waals surface area contributed by atoms with Crippen LogP contribution in [0.3, 0.4) is 0 Å². The molecule has 0 atom stereocenters. The molecule has 0 aliphatic carbocycles. The monoisotopic (exact) mass is 208 g/mol. The van der Waals surface area contributed by atoms with Crippen LogP contribution in [-0.4, -0.2) is 19.0 Å². The van der Waals surface area contributed by atoms with Crippen LogP contribution in [0.25, 0.3) is 0 Å². The van der Waals surface area contributed by atoms with Crippen molar-refractivity contribution in [1.82, 2.24) is 0 Å². The molecule has 4 heteroatoms. The van der Waals surface area contributed by atoms with Crippen LogP contribution in [-0.2, 0) is 9.53 Å². The van der Waals surface area contributed by atoms with Gasteiger partial charge in [0.25, 0.3) is 0 Å². The van der Waals surface area contributed by atoms with Gasteiger partial charge in [-0.2, -0.15) is 0 Å². The quantitative estimate of drug-likeness (QED) is 0.548. The van der Waals surface area contributed by atoms with Crippen molar-refractivity contribution in [2.24, 2.45) is 0 Å². The standard InChI is InChI=1S/C11H12O4/c1-7-6-9(14-3)4-5-10(7)11(13)15-8(2)12/h4-6H,1-3H3. The third kappa shape index (κ3) is 2.80. The molecule has 80 valence electrons. The zero-order chi connectivity index (χ0) is 11.4. The van der Waals surface area contributed by atoms with Crippen LogP contribution in [0.1, 0.15) is 22.8 Å². The summed E-state index contributed by atoms with van der Waals surface area (Å²) in [6.07, 6.45) is 0. The van der Waals surface area contributed by atoms with Gasteiger partial charge in [-0.05, 0) is 30.7 Å². The summed E-state index contributed by atoms with van der Waals surface area (Å²) in [5, 5.41) is 0. The molecule has 1 rings (SSSR count). The summed E-state index contributed by atoms with van der Waals surface area (Å²) in [5.74, 6) is -0.593. The van der Waals surface area contributed by atoms with Crippen molar-refractivity contribution >= 4 is 11.9 Å². The molecule has 0 aliphatic heterocycles. The number of esters is 2. The molecule has 0 radical (unpaired) electrons. The molecule has 1 aromatic carbocycles. The summed E-state index contributed by atoms with van der Waals surface area (Å²) in [6, 6.07) is 4.92. The Labute approximate surface area is 87.8 Å². The molecule has 1 aromatic rings. The highest BCUT2D eigenvalue weighted by Gasteiger charge is 2.12. The Morgan fingerprint density at radius 2 is 1.93 bits per heavy atom. The van der Waals surface area contributed by atoms with Crippen LogP contribution in [0.15, 0.2) is 18.2 Å². The minimum Gasteiger partial charge on any atom is -0.497 e. The minimum absolute atomic E-state index is 0.367. The molecule has 15 heavy (non-hydrogen) atoms. The van der Waals surface area contributed by atoms with Crippen molar-refractivity contribution in [1.29, 1.82) is 0 Å². The highest BCUT2D eigenvalue weighted by Crippen LogP contribution is 2.17. The van der Waals surface area contributed by atoms with Gasteiger partial charge < -0.3 is 9.47 Å². The van der Waals surface area contributed by atoms with Gasteiger partial charge in [0.1, 0.15) is 5.75 Å². The van der Waals surface area contributed by atoms with Gasteiger partial charge in [0.2, 0.25) is 0 Å². The largest absolute Gasteiger partial charge is 0.497 e. The molecule has 0 saturated carbocycles. The molecular weight excluding hydrogens is 196 g/mol. The molecule has 0 spiro atoms. The zero-order valence-electron chi connectivity index (χ0n) is 8.87. The van der Waals surface area contributed by atoms with Crippen LogP contribution in [0, 0.1) is 6.92 Å². The van der Waals surface area contributed by atoms with E-state index in [0.29, 0.717) is 16.9 Å². The van der Waals surface area contributed by atoms with Crippen LogP contribution >= 0.6 is 0 Å². The highest BCUT2D eigenvalue weighted by molar-refractivity contribution is 5.97. The first kappa shape index (κ1) is 11.2. The fourth-order valence-corrected chi connectivity index (χ4v) is 1.18. The Balaban J connectivity index is 2.95. The molecule has 0 fully saturated rings. The highest BCUT2D eigenvalue weighted by atomic mass is 16.6. The number of hydrogen-bond acceptors (Lipinski definition) is 4. The normalized spacial score (nSPS) is 9.53. The Morgan fingerprint density at radius 3 is 2.40 bits per heavy atom. The maximum atomic E-state index is 11.4. The van der Waals surface area contributed by atoms with Crippen molar-refractivity contribution in [2.75, 3.05) is 7.11 Å². The summed E-state index contributed by atoms with van der Waals surface area (Å²) in [7, 11) is 1.54. The minimum atomic E-state index is -0.636. The van der Waals surface area contributed by atoms with Crippen LogP contribution in [0.4, 0.5) is 0 Å². The average Bonchev–Trinajstić information content (AvgIpc) is 2.16. The SMILES string of the molecule is COc1ccc(C(=O)OC(C)=O)c(C)c1. The summed E-state index contributed by atoms with van der Waals surface area (Å²) in [4.78, 5) is 22.0. The molecule has 0 unspecified atom stereocenters. The summed E-state index contributed by atoms with van der Waals surface area (Å²) in [5.41, 5.74) is 1.08. The lowest BCUT2D eigenvalue weighted by Gasteiger charge is -2.06. The zero-order valence-corrected chi connectivity index (χ0v) is 8.87. The van der Waals surface area contributed by atoms with E-state index in [1.807, 2.05) is 0 Å². The first-order valence-electron chi connectivity index (χ1n) is 4.42. The Bertz CT molecular complexity index is 396. The van der Waals surface area contributed by atoms with Gasteiger partial charge in [-0.25, -0.2) is 4.79 Å². The van der Waals surface area contributed by atoms with E-state index in [4.69, 9.17) is 4.74 Å². The van der Waals surface area contributed by atoms with Gasteiger partial charge in [0.15, 0.2) is 0 Å². The van der Waals surface area contributed by atoms with Crippen molar-refractivity contribution in [3.8, 4) is 5.75 Å². The van der Waals surface area contributed by atoms with Crippen LogP contribution < -0.4 is 4.74 Å². The summed E-state index contributed by atoms with van der Waals surface area (Å²) < 4.78 is 9.46. The number of aryl methyl sites for hydroxylation is 1. The van der Waals surface area contributed by atoms with Crippen molar-refractivity contribution in [2.45, 2.75) is 13.8 Å². The fraction of sp³-hybridized carbons (Fsp3) is 0.273. The van der Waals surface area contributed by atoms with Gasteiger partial charge in [-0.15, -0.1) is 0 Å². The summed E-state index contributed by atoms with van der Waals surface area (Å²) in [6.45, 7) is 2.94. The lowest BCUT2D eigenvalue weighted by molar-refractivity contribution is -0.135. The number of carbonyl (C=O) groups excluding carboxylic acids is 2. The third-order valence-corrected chi connectivity index (χ3v) is 1.89. The van der Waals surface area contributed by atoms with Crippen LogP contribution in [0.5, 0.6) is 5.75 Å². The van der Waals surface area contributed by atoms with E-state index in [1.54, 1.807) is 32.2 Å². The summed E-state index contributed by atoms with van der Waals surface area (Å²) >= 11 is 0. The second kappa shape index (κ2) is 4.59. The smallest absolute Gasteiger partial charge is 0.346 e. The third-order valence-electron chi connectivity index (χ3n) is 1.89. The maximum Gasteiger partial charge on any atom is 0.346 e. The first-order valence-corrected chi connectivity index (χ1v) is 4.42. The van der Waals surface area contributed by atoms with Gasteiger partial charge in [-0.3, -0.25) is 4.79 Å². The predicted molar refractivity (Wildman–Crippen MR) is 53.8 cm³/mol. The second-order valence-corrected chi connectivity index (χ2v) is 3.06. The maximum absolute atomic E-state index is 11.4. The molecule has 0 saturated heterocycles. The number of hydrogen-bond donors (Lipinski definition) is 0. The van der Waals surface area contributed by atoms with Crippen molar-refractivity contribution in [3.63, 3.8) is 0 Å². The predicted octanol–water partition coefficient (Wildman–Crippen LogP) is 1.71. The Kier molecular flexibility index (Phi) is 3.44. The Hall–Kier alpha value is -1.84. The fourth-order valence-electron chi connectivity index (χ4n) is 1.18. The molecule has 0 aliphatic rings. The van der Waals surface area contributed by atoms with Crippen molar-refractivity contribution in [3.05, 3.63) is 29.3 Å². The molecule has 0 N–H and O–H groups in total. The molecule has 0 aromatic heterocycles. The lowest BCUT2D eigenvalue weighted by atomic mass is 10.1. The molecule has 0 bridgehead atoms. The van der Waals surface area contributed by atoms with Gasteiger partial charge in [0.05, 0.1) is 12.7 Å². The van der Waals surface area contributed by atoms with E-state index in [0.717, 1.165) is 0 Å². The van der Waals surface area contributed by atoms with E-state index in [2.05, 4.69) is 4.74 Å². The molecular formula is C11H12O4. The number of rotatable bonds is 2. The van der Waals surface area contributed by atoms with E-state index in [-0.39, 0.29) is 0 Å². The van der Waals surface area contributed by atoms with E-state index >= 15 is 0 Å². The molecule has 0 heterocycles. The number of methoxy groups -OCH3 is 1. The van der Waals surface area contributed by atoms with E-state index < -0.39 is 11.9 Å².